The highest BCUT2D eigenvalue weighted by Gasteiger charge is 2.22. The first-order valence-corrected chi connectivity index (χ1v) is 12.6. The summed E-state index contributed by atoms with van der Waals surface area (Å²) >= 11 is 1.82. The van der Waals surface area contributed by atoms with Gasteiger partial charge in [0.2, 0.25) is 5.88 Å². The number of aromatic nitrogens is 3. The average molecular weight is 462 g/mol. The summed E-state index contributed by atoms with van der Waals surface area (Å²) in [6.45, 7) is 6.33. The Morgan fingerprint density at radius 3 is 2.52 bits per heavy atom. The maximum atomic E-state index is 6.30. The summed E-state index contributed by atoms with van der Waals surface area (Å²) < 4.78 is 8.69. The monoisotopic (exact) mass is 461 g/mol. The minimum atomic E-state index is 0.255. The predicted octanol–water partition coefficient (Wildman–Crippen LogP) is 5.44. The summed E-state index contributed by atoms with van der Waals surface area (Å²) in [6, 6.07) is 15.8. The average Bonchev–Trinajstić information content (AvgIpc) is 2.85. The lowest BCUT2D eigenvalue weighted by Gasteiger charge is -2.30. The number of pyridine rings is 1. The molecule has 0 spiro atoms. The number of aryl methyl sites for hydroxylation is 2. The second-order valence-electron chi connectivity index (χ2n) is 8.11. The van der Waals surface area contributed by atoms with Crippen LogP contribution in [0.3, 0.4) is 0 Å². The number of benzene rings is 2. The Morgan fingerprint density at radius 2 is 1.79 bits per heavy atom. The minimum Gasteiger partial charge on any atom is -0.474 e. The van der Waals surface area contributed by atoms with E-state index in [1.165, 1.54) is 5.56 Å². The molecule has 2 aromatic carbocycles. The van der Waals surface area contributed by atoms with E-state index < -0.39 is 0 Å². The first-order valence-electron chi connectivity index (χ1n) is 11.4. The maximum absolute atomic E-state index is 6.30. The molecule has 0 saturated carbocycles. The molecule has 1 saturated heterocycles. The summed E-state index contributed by atoms with van der Waals surface area (Å²) in [5, 5.41) is 2.09. The number of ether oxygens (including phenoxy) is 1. The SMILES string of the molecule is CCc1nc(OC2CCN(SC)CC2)c2c(C)cccc2n1.Nc1ccnc2ccccc12. The molecule has 1 aliphatic heterocycles. The lowest BCUT2D eigenvalue weighted by Crippen LogP contribution is -2.34. The molecule has 4 aromatic rings. The molecular weight excluding hydrogens is 430 g/mol. The van der Waals surface area contributed by atoms with E-state index in [0.717, 1.165) is 71.5 Å². The van der Waals surface area contributed by atoms with E-state index in [9.17, 15) is 0 Å². The standard InChI is InChI=1S/C17H23N3OS.C9H8N2/c1-4-15-18-14-7-5-6-12(2)16(14)17(19-15)21-13-8-10-20(22-3)11-9-13;10-8-5-6-11-9-4-2-1-3-7(8)9/h5-7,13H,4,8-11H2,1-3H3;1-6H,(H2,10,11). The van der Waals surface area contributed by atoms with Crippen LogP contribution in [0.1, 0.15) is 31.2 Å². The number of para-hydroxylation sites is 1. The molecule has 7 heteroatoms. The Balaban J connectivity index is 0.000000196. The van der Waals surface area contributed by atoms with Gasteiger partial charge in [-0.15, -0.1) is 0 Å². The van der Waals surface area contributed by atoms with Crippen LogP contribution < -0.4 is 10.5 Å². The smallest absolute Gasteiger partial charge is 0.225 e. The molecule has 1 fully saturated rings. The van der Waals surface area contributed by atoms with Crippen LogP contribution in [0.2, 0.25) is 0 Å². The molecule has 2 aromatic heterocycles. The molecule has 6 nitrogen and oxygen atoms in total. The summed E-state index contributed by atoms with van der Waals surface area (Å²) in [6.07, 6.45) is 7.05. The Hall–Kier alpha value is -2.90. The maximum Gasteiger partial charge on any atom is 0.225 e. The van der Waals surface area contributed by atoms with Crippen molar-refractivity contribution in [2.24, 2.45) is 0 Å². The van der Waals surface area contributed by atoms with Gasteiger partial charge in [-0.25, -0.2) is 4.98 Å². The van der Waals surface area contributed by atoms with Crippen LogP contribution in [0.15, 0.2) is 54.7 Å². The van der Waals surface area contributed by atoms with E-state index >= 15 is 0 Å². The molecule has 5 rings (SSSR count). The van der Waals surface area contributed by atoms with Gasteiger partial charge in [-0.3, -0.25) is 9.29 Å². The van der Waals surface area contributed by atoms with Crippen LogP contribution in [-0.4, -0.2) is 44.7 Å². The van der Waals surface area contributed by atoms with Gasteiger partial charge in [0.15, 0.2) is 0 Å². The van der Waals surface area contributed by atoms with Crippen LogP contribution >= 0.6 is 11.9 Å². The normalized spacial score (nSPS) is 14.8. The highest BCUT2D eigenvalue weighted by Crippen LogP contribution is 2.29. The van der Waals surface area contributed by atoms with E-state index in [1.807, 2.05) is 54.4 Å². The van der Waals surface area contributed by atoms with Crippen molar-refractivity contribution in [1.29, 1.82) is 0 Å². The van der Waals surface area contributed by atoms with Gasteiger partial charge in [0.05, 0.1) is 16.4 Å². The molecule has 0 aliphatic carbocycles. The third-order valence-corrected chi connectivity index (χ3v) is 6.76. The van der Waals surface area contributed by atoms with Crippen LogP contribution in [0.4, 0.5) is 5.69 Å². The largest absolute Gasteiger partial charge is 0.474 e. The van der Waals surface area contributed by atoms with E-state index in [2.05, 4.69) is 45.4 Å². The van der Waals surface area contributed by atoms with Crippen LogP contribution in [0.25, 0.3) is 21.8 Å². The fourth-order valence-corrected chi connectivity index (χ4v) is 4.59. The van der Waals surface area contributed by atoms with E-state index in [1.54, 1.807) is 6.20 Å². The van der Waals surface area contributed by atoms with Crippen LogP contribution in [0.5, 0.6) is 5.88 Å². The Kier molecular flexibility index (Phi) is 7.62. The van der Waals surface area contributed by atoms with Gasteiger partial charge in [0.1, 0.15) is 11.9 Å². The summed E-state index contributed by atoms with van der Waals surface area (Å²) in [5.41, 5.74) is 9.62. The fraction of sp³-hybridized carbons (Fsp3) is 0.346. The van der Waals surface area contributed by atoms with Crippen molar-refractivity contribution in [3.8, 4) is 5.88 Å². The molecule has 33 heavy (non-hydrogen) atoms. The summed E-state index contributed by atoms with van der Waals surface area (Å²) in [5.74, 6) is 1.62. The van der Waals surface area contributed by atoms with Gasteiger partial charge in [-0.2, -0.15) is 4.98 Å². The predicted molar refractivity (Wildman–Crippen MR) is 139 cm³/mol. The molecule has 0 bridgehead atoms. The molecule has 0 atom stereocenters. The molecule has 2 N–H and O–H groups in total. The van der Waals surface area contributed by atoms with Gasteiger partial charge in [-0.05, 0) is 49.8 Å². The third-order valence-electron chi connectivity index (χ3n) is 5.88. The van der Waals surface area contributed by atoms with E-state index in [0.29, 0.717) is 0 Å². The van der Waals surface area contributed by atoms with E-state index in [4.69, 9.17) is 10.5 Å². The van der Waals surface area contributed by atoms with Crippen molar-refractivity contribution in [2.45, 2.75) is 39.2 Å². The summed E-state index contributed by atoms with van der Waals surface area (Å²) in [4.78, 5) is 13.5. The van der Waals surface area contributed by atoms with Crippen molar-refractivity contribution in [1.82, 2.24) is 19.3 Å². The number of nitrogen functional groups attached to an aromatic ring is 1. The molecule has 3 heterocycles. The fourth-order valence-electron chi connectivity index (χ4n) is 4.01. The number of hydrogen-bond acceptors (Lipinski definition) is 7. The van der Waals surface area contributed by atoms with Crippen LogP contribution in [0, 0.1) is 6.92 Å². The zero-order valence-electron chi connectivity index (χ0n) is 19.5. The van der Waals surface area contributed by atoms with Crippen molar-refractivity contribution in [3.63, 3.8) is 0 Å². The Labute approximate surface area is 199 Å². The molecule has 0 radical (unpaired) electrons. The molecule has 172 valence electrons. The highest BCUT2D eigenvalue weighted by atomic mass is 32.2. The van der Waals surface area contributed by atoms with Gasteiger partial charge in [0, 0.05) is 36.8 Å². The van der Waals surface area contributed by atoms with Crippen molar-refractivity contribution >= 4 is 39.4 Å². The number of rotatable bonds is 4. The summed E-state index contributed by atoms with van der Waals surface area (Å²) in [7, 11) is 0. The van der Waals surface area contributed by atoms with Gasteiger partial charge >= 0.3 is 0 Å². The topological polar surface area (TPSA) is 77.2 Å². The highest BCUT2D eigenvalue weighted by molar-refractivity contribution is 7.96. The first-order chi connectivity index (χ1) is 16.1. The lowest BCUT2D eigenvalue weighted by molar-refractivity contribution is 0.135. The van der Waals surface area contributed by atoms with E-state index in [-0.39, 0.29) is 6.10 Å². The Bertz CT molecular complexity index is 1220. The number of anilines is 1. The number of piperidine rings is 1. The number of nitrogens with zero attached hydrogens (tertiary/aromatic N) is 4. The number of nitrogens with two attached hydrogens (primary N) is 1. The zero-order chi connectivity index (χ0) is 23.2. The van der Waals surface area contributed by atoms with Crippen molar-refractivity contribution in [3.05, 3.63) is 66.1 Å². The molecule has 0 unspecified atom stereocenters. The van der Waals surface area contributed by atoms with Crippen molar-refractivity contribution in [2.75, 3.05) is 25.1 Å². The number of hydrogen-bond donors (Lipinski definition) is 1. The quantitative estimate of drug-likeness (QED) is 0.406. The molecular formula is C26H31N5OS. The zero-order valence-corrected chi connectivity index (χ0v) is 20.3. The van der Waals surface area contributed by atoms with Gasteiger partial charge < -0.3 is 10.5 Å². The third kappa shape index (κ3) is 5.54. The minimum absolute atomic E-state index is 0.255. The second kappa shape index (κ2) is 10.8. The molecule has 0 amide bonds. The van der Waals surface area contributed by atoms with Gasteiger partial charge in [0.25, 0.3) is 0 Å². The first kappa shape index (κ1) is 23.3. The van der Waals surface area contributed by atoms with Gasteiger partial charge in [-0.1, -0.05) is 49.2 Å². The van der Waals surface area contributed by atoms with Crippen molar-refractivity contribution < 1.29 is 4.74 Å². The number of fused-ring (bicyclic) bond motifs is 2. The Morgan fingerprint density at radius 1 is 1.03 bits per heavy atom. The molecule has 1 aliphatic rings. The lowest BCUT2D eigenvalue weighted by atomic mass is 10.1. The van der Waals surface area contributed by atoms with Crippen LogP contribution in [-0.2, 0) is 6.42 Å². The second-order valence-corrected chi connectivity index (χ2v) is 9.00.